The Hall–Kier alpha value is -2.37. The van der Waals surface area contributed by atoms with E-state index in [1.165, 1.54) is 6.33 Å². The lowest BCUT2D eigenvalue weighted by Crippen LogP contribution is -2.40. The van der Waals surface area contributed by atoms with Crippen LogP contribution in [0.25, 0.3) is 11.4 Å². The van der Waals surface area contributed by atoms with Crippen LogP contribution >= 0.6 is 0 Å². The van der Waals surface area contributed by atoms with Gasteiger partial charge in [-0.2, -0.15) is 5.10 Å². The van der Waals surface area contributed by atoms with Gasteiger partial charge in [0.05, 0.1) is 6.54 Å². The molecule has 21 heavy (non-hydrogen) atoms. The summed E-state index contributed by atoms with van der Waals surface area (Å²) >= 11 is 0. The molecule has 0 saturated heterocycles. The Kier molecular flexibility index (Phi) is 5.31. The molecule has 6 nitrogen and oxygen atoms in total. The highest BCUT2D eigenvalue weighted by Gasteiger charge is 2.03. The number of aromatic amines is 1. The SMILES string of the molecule is CCNC(=NCc1cccc(-c2ncn[nH]2)c1)NC(C)C. The van der Waals surface area contributed by atoms with Gasteiger partial charge in [0.2, 0.25) is 0 Å². The number of rotatable bonds is 5. The fourth-order valence-electron chi connectivity index (χ4n) is 1.93. The first-order chi connectivity index (χ1) is 10.2. The Morgan fingerprint density at radius 2 is 2.24 bits per heavy atom. The molecule has 6 heteroatoms. The topological polar surface area (TPSA) is 78.0 Å². The van der Waals surface area contributed by atoms with Gasteiger partial charge in [-0.1, -0.05) is 18.2 Å². The molecule has 1 aromatic heterocycles. The van der Waals surface area contributed by atoms with Gasteiger partial charge in [0, 0.05) is 18.2 Å². The highest BCUT2D eigenvalue weighted by Crippen LogP contribution is 2.15. The van der Waals surface area contributed by atoms with Gasteiger partial charge >= 0.3 is 0 Å². The molecule has 0 aliphatic heterocycles. The predicted molar refractivity (Wildman–Crippen MR) is 84.9 cm³/mol. The number of aromatic nitrogens is 3. The number of nitrogens with zero attached hydrogens (tertiary/aromatic N) is 3. The third-order valence-corrected chi connectivity index (χ3v) is 2.80. The van der Waals surface area contributed by atoms with Crippen LogP contribution in [0.3, 0.4) is 0 Å². The normalized spacial score (nSPS) is 11.7. The zero-order valence-electron chi connectivity index (χ0n) is 12.7. The van der Waals surface area contributed by atoms with Crippen LogP contribution in [0.5, 0.6) is 0 Å². The van der Waals surface area contributed by atoms with Gasteiger partial charge in [-0.05, 0) is 32.4 Å². The van der Waals surface area contributed by atoms with Gasteiger partial charge in [0.1, 0.15) is 6.33 Å². The lowest BCUT2D eigenvalue weighted by molar-refractivity contribution is 0.700. The van der Waals surface area contributed by atoms with Crippen LogP contribution in [-0.4, -0.2) is 33.7 Å². The summed E-state index contributed by atoms with van der Waals surface area (Å²) in [7, 11) is 0. The summed E-state index contributed by atoms with van der Waals surface area (Å²) < 4.78 is 0. The third-order valence-electron chi connectivity index (χ3n) is 2.80. The highest BCUT2D eigenvalue weighted by molar-refractivity contribution is 5.80. The van der Waals surface area contributed by atoms with E-state index in [1.54, 1.807) is 0 Å². The zero-order valence-corrected chi connectivity index (χ0v) is 12.7. The molecule has 0 bridgehead atoms. The van der Waals surface area contributed by atoms with E-state index in [0.717, 1.165) is 29.5 Å². The van der Waals surface area contributed by atoms with Crippen LogP contribution < -0.4 is 10.6 Å². The van der Waals surface area contributed by atoms with E-state index in [2.05, 4.69) is 63.7 Å². The van der Waals surface area contributed by atoms with Crippen molar-refractivity contribution in [2.24, 2.45) is 4.99 Å². The fourth-order valence-corrected chi connectivity index (χ4v) is 1.93. The minimum atomic E-state index is 0.350. The molecule has 0 aliphatic rings. The van der Waals surface area contributed by atoms with Crippen LogP contribution in [0, 0.1) is 0 Å². The first kappa shape index (κ1) is 15.0. The fraction of sp³-hybridized carbons (Fsp3) is 0.400. The van der Waals surface area contributed by atoms with Crippen molar-refractivity contribution >= 4 is 5.96 Å². The van der Waals surface area contributed by atoms with Crippen molar-refractivity contribution in [3.05, 3.63) is 36.2 Å². The van der Waals surface area contributed by atoms with Crippen molar-refractivity contribution in [3.63, 3.8) is 0 Å². The van der Waals surface area contributed by atoms with Gasteiger partial charge in [-0.15, -0.1) is 0 Å². The molecule has 0 unspecified atom stereocenters. The monoisotopic (exact) mass is 286 g/mol. The summed E-state index contributed by atoms with van der Waals surface area (Å²) in [5.74, 6) is 1.60. The van der Waals surface area contributed by atoms with Crippen LogP contribution in [-0.2, 0) is 6.54 Å². The molecular formula is C15H22N6. The first-order valence-electron chi connectivity index (χ1n) is 7.18. The maximum atomic E-state index is 4.59. The number of H-pyrrole nitrogens is 1. The zero-order chi connectivity index (χ0) is 15.1. The minimum Gasteiger partial charge on any atom is -0.357 e. The number of benzene rings is 1. The van der Waals surface area contributed by atoms with Crippen molar-refractivity contribution < 1.29 is 0 Å². The summed E-state index contributed by atoms with van der Waals surface area (Å²) in [6.45, 7) is 7.71. The average Bonchev–Trinajstić information content (AvgIpc) is 2.99. The Morgan fingerprint density at radius 3 is 2.90 bits per heavy atom. The van der Waals surface area contributed by atoms with Gasteiger partial charge < -0.3 is 10.6 Å². The smallest absolute Gasteiger partial charge is 0.191 e. The summed E-state index contributed by atoms with van der Waals surface area (Å²) in [5.41, 5.74) is 2.15. The minimum absolute atomic E-state index is 0.350. The van der Waals surface area contributed by atoms with E-state index in [9.17, 15) is 0 Å². The maximum Gasteiger partial charge on any atom is 0.191 e. The highest BCUT2D eigenvalue weighted by atomic mass is 15.2. The van der Waals surface area contributed by atoms with E-state index in [4.69, 9.17) is 0 Å². The molecule has 2 rings (SSSR count). The predicted octanol–water partition coefficient (Wildman–Crippen LogP) is 1.94. The van der Waals surface area contributed by atoms with E-state index in [1.807, 2.05) is 12.1 Å². The molecular weight excluding hydrogens is 264 g/mol. The van der Waals surface area contributed by atoms with Crippen LogP contribution in [0.2, 0.25) is 0 Å². The van der Waals surface area contributed by atoms with Crippen LogP contribution in [0.15, 0.2) is 35.6 Å². The molecule has 0 aliphatic carbocycles. The van der Waals surface area contributed by atoms with Crippen molar-refractivity contribution in [1.29, 1.82) is 0 Å². The first-order valence-corrected chi connectivity index (χ1v) is 7.18. The van der Waals surface area contributed by atoms with Crippen LogP contribution in [0.4, 0.5) is 0 Å². The van der Waals surface area contributed by atoms with Crippen molar-refractivity contribution in [2.75, 3.05) is 6.54 Å². The Morgan fingerprint density at radius 1 is 1.38 bits per heavy atom. The van der Waals surface area contributed by atoms with E-state index >= 15 is 0 Å². The maximum absolute atomic E-state index is 4.59. The number of guanidine groups is 1. The molecule has 1 aromatic carbocycles. The number of aliphatic imine (C=N–C) groups is 1. The Balaban J connectivity index is 2.09. The molecule has 0 radical (unpaired) electrons. The standard InChI is InChI=1S/C15H22N6/c1-4-16-15(20-11(2)3)17-9-12-6-5-7-13(8-12)14-18-10-19-21-14/h5-8,10-11H,4,9H2,1-3H3,(H2,16,17,20)(H,18,19,21). The van der Waals surface area contributed by atoms with Crippen molar-refractivity contribution in [2.45, 2.75) is 33.4 Å². The molecule has 0 fully saturated rings. The Bertz CT molecular complexity index is 574. The molecule has 2 aromatic rings. The second-order valence-corrected chi connectivity index (χ2v) is 5.03. The lowest BCUT2D eigenvalue weighted by Gasteiger charge is -2.14. The second-order valence-electron chi connectivity index (χ2n) is 5.03. The Labute approximate surface area is 125 Å². The van der Waals surface area contributed by atoms with E-state index in [0.29, 0.717) is 12.6 Å². The van der Waals surface area contributed by atoms with Gasteiger partial charge in [-0.25, -0.2) is 9.98 Å². The number of nitrogens with one attached hydrogen (secondary N) is 3. The second kappa shape index (κ2) is 7.42. The van der Waals surface area contributed by atoms with Crippen molar-refractivity contribution in [1.82, 2.24) is 25.8 Å². The van der Waals surface area contributed by atoms with Gasteiger partial charge in [0.25, 0.3) is 0 Å². The van der Waals surface area contributed by atoms with Crippen LogP contribution in [0.1, 0.15) is 26.3 Å². The quantitative estimate of drug-likeness (QED) is 0.580. The van der Waals surface area contributed by atoms with E-state index in [-0.39, 0.29) is 0 Å². The largest absolute Gasteiger partial charge is 0.357 e. The van der Waals surface area contributed by atoms with Crippen molar-refractivity contribution in [3.8, 4) is 11.4 Å². The summed E-state index contributed by atoms with van der Waals surface area (Å²) in [6, 6.07) is 8.49. The van der Waals surface area contributed by atoms with E-state index < -0.39 is 0 Å². The molecule has 0 saturated carbocycles. The molecule has 1 heterocycles. The number of hydrogen-bond donors (Lipinski definition) is 3. The summed E-state index contributed by atoms with van der Waals surface area (Å²) in [5, 5.41) is 13.3. The van der Waals surface area contributed by atoms with Gasteiger partial charge in [-0.3, -0.25) is 5.10 Å². The number of hydrogen-bond acceptors (Lipinski definition) is 3. The summed E-state index contributed by atoms with van der Waals surface area (Å²) in [6.07, 6.45) is 1.51. The molecule has 3 N–H and O–H groups in total. The molecule has 0 atom stereocenters. The average molecular weight is 286 g/mol. The molecule has 0 spiro atoms. The molecule has 0 amide bonds. The van der Waals surface area contributed by atoms with Gasteiger partial charge in [0.15, 0.2) is 11.8 Å². The third kappa shape index (κ3) is 4.59. The summed E-state index contributed by atoms with van der Waals surface area (Å²) in [4.78, 5) is 8.76. The molecule has 112 valence electrons. The lowest BCUT2D eigenvalue weighted by atomic mass is 10.1.